The summed E-state index contributed by atoms with van der Waals surface area (Å²) < 4.78 is 0. The Morgan fingerprint density at radius 1 is 1.58 bits per heavy atom. The Morgan fingerprint density at radius 2 is 2.17 bits per heavy atom. The van der Waals surface area contributed by atoms with Crippen molar-refractivity contribution in [3.05, 3.63) is 12.2 Å². The van der Waals surface area contributed by atoms with Crippen LogP contribution in [0.1, 0.15) is 26.2 Å². The average molecular weight is 199 g/mol. The van der Waals surface area contributed by atoms with E-state index in [2.05, 4.69) is 0 Å². The van der Waals surface area contributed by atoms with Crippen LogP contribution in [0.25, 0.3) is 0 Å². The molecule has 12 heavy (non-hydrogen) atoms. The predicted molar refractivity (Wildman–Crippen MR) is 43.3 cm³/mol. The molecule has 0 spiro atoms. The molecule has 0 aliphatic heterocycles. The van der Waals surface area contributed by atoms with E-state index in [4.69, 9.17) is 11.6 Å². The first-order valence-corrected chi connectivity index (χ1v) is 4.05. The zero-order chi connectivity index (χ0) is 8.69. The summed E-state index contributed by atoms with van der Waals surface area (Å²) in [5.74, 6) is -1.04. The molecule has 0 rings (SSSR count). The fourth-order valence-electron chi connectivity index (χ4n) is 0.623. The fraction of sp³-hybridized carbons (Fsp3) is 0.625. The molecule has 0 aliphatic carbocycles. The Bertz CT molecular complexity index is 146. The summed E-state index contributed by atoms with van der Waals surface area (Å²) in [6.07, 6.45) is 5.11. The number of alkyl halides is 1. The van der Waals surface area contributed by atoms with E-state index in [1.54, 1.807) is 6.08 Å². The average Bonchev–Trinajstić information content (AvgIpc) is 1.85. The minimum atomic E-state index is -1.04. The molecular formula is C8H12ClNaO2. The van der Waals surface area contributed by atoms with Gasteiger partial charge in [0.2, 0.25) is 0 Å². The van der Waals surface area contributed by atoms with Crippen molar-refractivity contribution in [2.75, 3.05) is 0 Å². The molecule has 0 heterocycles. The monoisotopic (exact) mass is 198 g/mol. The van der Waals surface area contributed by atoms with Crippen LogP contribution >= 0.6 is 11.6 Å². The van der Waals surface area contributed by atoms with Crippen LogP contribution in [0, 0.1) is 0 Å². The molecule has 4 heteroatoms. The molecular weight excluding hydrogens is 187 g/mol. The smallest absolute Gasteiger partial charge is 0.550 e. The number of carboxylic acids is 1. The Labute approximate surface area is 100 Å². The van der Waals surface area contributed by atoms with E-state index in [-0.39, 0.29) is 41.4 Å². The third kappa shape index (κ3) is 13.1. The number of hydrogen-bond acceptors (Lipinski definition) is 2. The van der Waals surface area contributed by atoms with Gasteiger partial charge in [-0.25, -0.2) is 0 Å². The van der Waals surface area contributed by atoms with Gasteiger partial charge in [0.1, 0.15) is 0 Å². The van der Waals surface area contributed by atoms with Crippen LogP contribution in [0.4, 0.5) is 0 Å². The van der Waals surface area contributed by atoms with E-state index >= 15 is 0 Å². The zero-order valence-electron chi connectivity index (χ0n) is 7.55. The maximum Gasteiger partial charge on any atom is 1.00 e. The van der Waals surface area contributed by atoms with Gasteiger partial charge in [-0.1, -0.05) is 12.2 Å². The maximum absolute atomic E-state index is 9.91. The van der Waals surface area contributed by atoms with Crippen LogP contribution in [0.2, 0.25) is 0 Å². The van der Waals surface area contributed by atoms with Gasteiger partial charge < -0.3 is 9.90 Å². The molecule has 0 radical (unpaired) electrons. The third-order valence-corrected chi connectivity index (χ3v) is 1.40. The van der Waals surface area contributed by atoms with Crippen molar-refractivity contribution in [3.8, 4) is 0 Å². The van der Waals surface area contributed by atoms with E-state index in [9.17, 15) is 9.90 Å². The van der Waals surface area contributed by atoms with Crippen LogP contribution in [-0.2, 0) is 4.79 Å². The van der Waals surface area contributed by atoms with Gasteiger partial charge in [-0.2, -0.15) is 0 Å². The minimum Gasteiger partial charge on any atom is -0.550 e. The van der Waals surface area contributed by atoms with Gasteiger partial charge in [0.15, 0.2) is 0 Å². The van der Waals surface area contributed by atoms with Gasteiger partial charge in [-0.15, -0.1) is 11.6 Å². The molecule has 2 nitrogen and oxygen atoms in total. The molecule has 0 bridgehead atoms. The molecule has 0 saturated heterocycles. The van der Waals surface area contributed by atoms with Crippen molar-refractivity contribution in [3.63, 3.8) is 0 Å². The summed E-state index contributed by atoms with van der Waals surface area (Å²) in [6.45, 7) is 1.91. The van der Waals surface area contributed by atoms with Crippen LogP contribution < -0.4 is 34.7 Å². The van der Waals surface area contributed by atoms with Gasteiger partial charge in [0.05, 0.1) is 0 Å². The Balaban J connectivity index is 0. The number of aliphatic carboxylic acids is 1. The van der Waals surface area contributed by atoms with Crippen LogP contribution in [0.15, 0.2) is 12.2 Å². The SMILES string of the molecule is CC(Cl)CC/C=C/CC(=O)[O-].[Na+]. The number of rotatable bonds is 5. The summed E-state index contributed by atoms with van der Waals surface area (Å²) in [6, 6.07) is 0. The molecule has 1 unspecified atom stereocenters. The normalized spacial score (nSPS) is 12.5. The summed E-state index contributed by atoms with van der Waals surface area (Å²) in [4.78, 5) is 9.91. The summed E-state index contributed by atoms with van der Waals surface area (Å²) >= 11 is 5.66. The van der Waals surface area contributed by atoms with Crippen molar-refractivity contribution in [1.82, 2.24) is 0 Å². The minimum absolute atomic E-state index is 0. The molecule has 0 amide bonds. The number of allylic oxidation sites excluding steroid dienone is 1. The first-order chi connectivity index (χ1) is 5.13. The van der Waals surface area contributed by atoms with Crippen molar-refractivity contribution in [2.45, 2.75) is 31.6 Å². The first-order valence-electron chi connectivity index (χ1n) is 3.62. The Morgan fingerprint density at radius 3 is 2.58 bits per heavy atom. The maximum atomic E-state index is 9.91. The van der Waals surface area contributed by atoms with Crippen molar-refractivity contribution in [2.24, 2.45) is 0 Å². The molecule has 0 N–H and O–H groups in total. The summed E-state index contributed by atoms with van der Waals surface area (Å²) in [5.41, 5.74) is 0. The quantitative estimate of drug-likeness (QED) is 0.294. The predicted octanol–water partition coefficient (Wildman–Crippen LogP) is -1.91. The molecule has 0 fully saturated rings. The summed E-state index contributed by atoms with van der Waals surface area (Å²) in [7, 11) is 0. The van der Waals surface area contributed by atoms with Crippen LogP contribution in [-0.4, -0.2) is 11.3 Å². The van der Waals surface area contributed by atoms with Crippen molar-refractivity contribution >= 4 is 17.6 Å². The van der Waals surface area contributed by atoms with Gasteiger partial charge >= 0.3 is 29.6 Å². The fourth-order valence-corrected chi connectivity index (χ4v) is 0.749. The molecule has 64 valence electrons. The molecule has 0 aliphatic rings. The molecule has 0 aromatic heterocycles. The van der Waals surface area contributed by atoms with Gasteiger partial charge in [-0.3, -0.25) is 0 Å². The topological polar surface area (TPSA) is 40.1 Å². The number of halogens is 1. The zero-order valence-corrected chi connectivity index (χ0v) is 10.3. The number of carbonyl (C=O) groups is 1. The molecule has 0 saturated carbocycles. The van der Waals surface area contributed by atoms with E-state index in [0.717, 1.165) is 12.8 Å². The van der Waals surface area contributed by atoms with Gasteiger partial charge in [0, 0.05) is 17.8 Å². The second-order valence-electron chi connectivity index (χ2n) is 2.41. The van der Waals surface area contributed by atoms with Gasteiger partial charge in [0.25, 0.3) is 0 Å². The Hall–Kier alpha value is 0.500. The van der Waals surface area contributed by atoms with E-state index in [0.29, 0.717) is 0 Å². The molecule has 0 aromatic rings. The number of hydrogen-bond donors (Lipinski definition) is 0. The standard InChI is InChI=1S/C8H13ClO2.Na/c1-7(9)5-3-2-4-6-8(10)11;/h2,4,7H,3,5-6H2,1H3,(H,10,11);/q;+1/p-1/b4-2+;. The van der Waals surface area contributed by atoms with E-state index < -0.39 is 5.97 Å². The Kier molecular flexibility index (Phi) is 12.0. The largest absolute Gasteiger partial charge is 1.00 e. The molecule has 0 aromatic carbocycles. The van der Waals surface area contributed by atoms with Gasteiger partial charge in [-0.05, 0) is 19.8 Å². The van der Waals surface area contributed by atoms with Crippen LogP contribution in [0.5, 0.6) is 0 Å². The molecule has 1 atom stereocenters. The second kappa shape index (κ2) is 9.59. The second-order valence-corrected chi connectivity index (χ2v) is 3.15. The van der Waals surface area contributed by atoms with Crippen molar-refractivity contribution in [1.29, 1.82) is 0 Å². The number of carboxylic acid groups (broad SMARTS) is 1. The third-order valence-electron chi connectivity index (χ3n) is 1.18. The van der Waals surface area contributed by atoms with E-state index in [1.807, 2.05) is 13.0 Å². The summed E-state index contributed by atoms with van der Waals surface area (Å²) in [5, 5.41) is 10.1. The first kappa shape index (κ1) is 15.0. The van der Waals surface area contributed by atoms with E-state index in [1.165, 1.54) is 0 Å². The van der Waals surface area contributed by atoms with Crippen molar-refractivity contribution < 1.29 is 39.5 Å². The number of carbonyl (C=O) groups excluding carboxylic acids is 1. The van der Waals surface area contributed by atoms with Crippen LogP contribution in [0.3, 0.4) is 0 Å².